The Balaban J connectivity index is 1.52. The summed E-state index contributed by atoms with van der Waals surface area (Å²) < 4.78 is 21.9. The lowest BCUT2D eigenvalue weighted by Gasteiger charge is -2.41. The van der Waals surface area contributed by atoms with Gasteiger partial charge in [-0.05, 0) is 37.5 Å². The standard InChI is InChI=1S/C21H32O11/c1-10(2-3-11-4-6-12(23)7-5-11)30-21-19(28)17(26)16(25)14(32-21)9-29-20-18(27)15(24)13(8-22)31-20/h4-7,10,13-28H,2-3,8-9H2,1H3/t10-,13-,14+,15-,16+,17-,18+,19+,20+,21+/m0/s1. The van der Waals surface area contributed by atoms with Gasteiger partial charge in [0.25, 0.3) is 0 Å². The molecule has 1 aromatic rings. The molecule has 2 fully saturated rings. The van der Waals surface area contributed by atoms with Gasteiger partial charge in [-0.3, -0.25) is 0 Å². The van der Waals surface area contributed by atoms with E-state index in [-0.39, 0.29) is 18.5 Å². The minimum atomic E-state index is -1.56. The first-order valence-corrected chi connectivity index (χ1v) is 10.6. The molecule has 0 unspecified atom stereocenters. The molecule has 11 nitrogen and oxygen atoms in total. The van der Waals surface area contributed by atoms with E-state index in [1.165, 1.54) is 0 Å². The van der Waals surface area contributed by atoms with Gasteiger partial charge in [-0.2, -0.15) is 0 Å². The fourth-order valence-electron chi connectivity index (χ4n) is 3.69. The fourth-order valence-corrected chi connectivity index (χ4v) is 3.69. The molecule has 11 heteroatoms. The van der Waals surface area contributed by atoms with Crippen molar-refractivity contribution in [1.82, 2.24) is 0 Å². The third kappa shape index (κ3) is 5.94. The van der Waals surface area contributed by atoms with E-state index >= 15 is 0 Å². The molecule has 3 rings (SSSR count). The van der Waals surface area contributed by atoms with Crippen LogP contribution in [-0.4, -0.2) is 110 Å². The summed E-state index contributed by atoms with van der Waals surface area (Å²) in [6.45, 7) is 0.932. The van der Waals surface area contributed by atoms with E-state index < -0.39 is 61.9 Å². The maximum absolute atomic E-state index is 10.3. The predicted molar refractivity (Wildman–Crippen MR) is 107 cm³/mol. The van der Waals surface area contributed by atoms with Crippen molar-refractivity contribution in [2.24, 2.45) is 0 Å². The number of aliphatic hydroxyl groups excluding tert-OH is 6. The number of aryl methyl sites for hydroxylation is 1. The van der Waals surface area contributed by atoms with Crippen molar-refractivity contribution in [3.63, 3.8) is 0 Å². The van der Waals surface area contributed by atoms with Crippen molar-refractivity contribution in [3.8, 4) is 5.75 Å². The molecule has 2 heterocycles. The van der Waals surface area contributed by atoms with Crippen LogP contribution in [0.1, 0.15) is 18.9 Å². The summed E-state index contributed by atoms with van der Waals surface area (Å²) in [5.41, 5.74) is 0.989. The first-order valence-electron chi connectivity index (χ1n) is 10.6. The number of ether oxygens (including phenoxy) is 4. The van der Waals surface area contributed by atoms with Crippen LogP contribution in [-0.2, 0) is 25.4 Å². The molecule has 2 aliphatic heterocycles. The van der Waals surface area contributed by atoms with Crippen molar-refractivity contribution in [1.29, 1.82) is 0 Å². The number of hydrogen-bond acceptors (Lipinski definition) is 11. The molecule has 10 atom stereocenters. The topological polar surface area (TPSA) is 179 Å². The zero-order valence-electron chi connectivity index (χ0n) is 17.7. The van der Waals surface area contributed by atoms with Crippen molar-refractivity contribution < 1.29 is 54.7 Å². The van der Waals surface area contributed by atoms with Gasteiger partial charge in [0.1, 0.15) is 48.5 Å². The highest BCUT2D eigenvalue weighted by Gasteiger charge is 2.47. The van der Waals surface area contributed by atoms with Crippen LogP contribution in [0.15, 0.2) is 24.3 Å². The van der Waals surface area contributed by atoms with Crippen molar-refractivity contribution in [3.05, 3.63) is 29.8 Å². The maximum Gasteiger partial charge on any atom is 0.186 e. The number of aliphatic hydroxyl groups is 6. The summed E-state index contributed by atoms with van der Waals surface area (Å²) in [5.74, 6) is 0.175. The summed E-state index contributed by atoms with van der Waals surface area (Å²) in [5, 5.41) is 68.9. The van der Waals surface area contributed by atoms with Gasteiger partial charge in [0, 0.05) is 0 Å². The Labute approximate surface area is 185 Å². The van der Waals surface area contributed by atoms with E-state index in [0.717, 1.165) is 5.56 Å². The highest BCUT2D eigenvalue weighted by molar-refractivity contribution is 5.25. The summed E-state index contributed by atoms with van der Waals surface area (Å²) in [6.07, 6.45) is -11.0. The monoisotopic (exact) mass is 460 g/mol. The molecule has 7 N–H and O–H groups in total. The number of rotatable bonds is 9. The zero-order valence-corrected chi connectivity index (χ0v) is 17.7. The number of phenolic OH excluding ortho intramolecular Hbond substituents is 1. The second kappa shape index (κ2) is 11.2. The quantitative estimate of drug-likeness (QED) is 0.217. The average molecular weight is 460 g/mol. The molecule has 2 aliphatic rings. The van der Waals surface area contributed by atoms with Crippen molar-refractivity contribution in [2.75, 3.05) is 13.2 Å². The lowest BCUT2D eigenvalue weighted by atomic mass is 9.99. The molecule has 0 aliphatic carbocycles. The summed E-state index contributed by atoms with van der Waals surface area (Å²) in [4.78, 5) is 0. The number of phenols is 1. The van der Waals surface area contributed by atoms with Crippen molar-refractivity contribution in [2.45, 2.75) is 81.2 Å². The molecule has 0 spiro atoms. The van der Waals surface area contributed by atoms with Crippen LogP contribution >= 0.6 is 0 Å². The molecule has 32 heavy (non-hydrogen) atoms. The molecule has 0 radical (unpaired) electrons. The lowest BCUT2D eigenvalue weighted by molar-refractivity contribution is -0.318. The van der Waals surface area contributed by atoms with Crippen LogP contribution in [0.5, 0.6) is 5.75 Å². The Morgan fingerprint density at radius 3 is 2.06 bits per heavy atom. The minimum Gasteiger partial charge on any atom is -0.508 e. The average Bonchev–Trinajstić information content (AvgIpc) is 3.06. The number of benzene rings is 1. The fraction of sp³-hybridized carbons (Fsp3) is 0.714. The first kappa shape index (κ1) is 25.2. The van der Waals surface area contributed by atoms with Crippen LogP contribution in [0.25, 0.3) is 0 Å². The highest BCUT2D eigenvalue weighted by Crippen LogP contribution is 2.27. The van der Waals surface area contributed by atoms with Gasteiger partial charge in [-0.15, -0.1) is 0 Å². The lowest BCUT2D eigenvalue weighted by Crippen LogP contribution is -2.60. The second-order valence-corrected chi connectivity index (χ2v) is 8.21. The Hall–Kier alpha value is -1.38. The van der Waals surface area contributed by atoms with Crippen LogP contribution in [0.4, 0.5) is 0 Å². The maximum atomic E-state index is 10.3. The molecular formula is C21H32O11. The van der Waals surface area contributed by atoms with Gasteiger partial charge in [0.15, 0.2) is 12.6 Å². The Morgan fingerprint density at radius 2 is 1.44 bits per heavy atom. The summed E-state index contributed by atoms with van der Waals surface area (Å²) in [6, 6.07) is 6.76. The largest absolute Gasteiger partial charge is 0.508 e. The van der Waals surface area contributed by atoms with Gasteiger partial charge in [0.2, 0.25) is 0 Å². The van der Waals surface area contributed by atoms with E-state index in [1.807, 2.05) is 0 Å². The molecule has 182 valence electrons. The second-order valence-electron chi connectivity index (χ2n) is 8.21. The molecular weight excluding hydrogens is 428 g/mol. The number of hydrogen-bond donors (Lipinski definition) is 7. The molecule has 1 aromatic carbocycles. The normalized spacial score (nSPS) is 38.7. The van der Waals surface area contributed by atoms with Gasteiger partial charge < -0.3 is 54.7 Å². The molecule has 0 saturated carbocycles. The summed E-state index contributed by atoms with van der Waals surface area (Å²) >= 11 is 0. The summed E-state index contributed by atoms with van der Waals surface area (Å²) in [7, 11) is 0. The highest BCUT2D eigenvalue weighted by atomic mass is 16.7. The van der Waals surface area contributed by atoms with E-state index in [1.54, 1.807) is 31.2 Å². The Kier molecular flexibility index (Phi) is 8.81. The van der Waals surface area contributed by atoms with Crippen LogP contribution in [0, 0.1) is 0 Å². The molecule has 2 saturated heterocycles. The van der Waals surface area contributed by atoms with E-state index in [0.29, 0.717) is 12.8 Å². The van der Waals surface area contributed by atoms with Crippen LogP contribution in [0.3, 0.4) is 0 Å². The predicted octanol–water partition coefficient (Wildman–Crippen LogP) is -2.01. The van der Waals surface area contributed by atoms with E-state index in [4.69, 9.17) is 24.1 Å². The van der Waals surface area contributed by atoms with E-state index in [2.05, 4.69) is 0 Å². The van der Waals surface area contributed by atoms with Gasteiger partial charge in [0.05, 0.1) is 19.3 Å². The van der Waals surface area contributed by atoms with Crippen molar-refractivity contribution >= 4 is 0 Å². The third-order valence-electron chi connectivity index (χ3n) is 5.73. The van der Waals surface area contributed by atoms with Crippen LogP contribution < -0.4 is 0 Å². The third-order valence-corrected chi connectivity index (χ3v) is 5.73. The minimum absolute atomic E-state index is 0.175. The van der Waals surface area contributed by atoms with Gasteiger partial charge >= 0.3 is 0 Å². The molecule has 0 amide bonds. The molecule has 0 bridgehead atoms. The Bertz CT molecular complexity index is 701. The zero-order chi connectivity index (χ0) is 23.4. The number of aromatic hydroxyl groups is 1. The smallest absolute Gasteiger partial charge is 0.186 e. The molecule has 0 aromatic heterocycles. The van der Waals surface area contributed by atoms with E-state index in [9.17, 15) is 30.6 Å². The Morgan fingerprint density at radius 1 is 0.844 bits per heavy atom. The first-order chi connectivity index (χ1) is 15.2. The van der Waals surface area contributed by atoms with Crippen LogP contribution in [0.2, 0.25) is 0 Å². The SMILES string of the molecule is C[C@@H](CCc1ccc(O)cc1)O[C@@H]1O[C@H](CO[C@@H]2O[C@@H](CO)[C@H](O)[C@H]2O)[C@@H](O)[C@H](O)[C@H]1O. The van der Waals surface area contributed by atoms with Gasteiger partial charge in [-0.25, -0.2) is 0 Å². The van der Waals surface area contributed by atoms with Gasteiger partial charge in [-0.1, -0.05) is 12.1 Å².